The molecule has 5 heteroatoms. The fraction of sp³-hybridized carbons (Fsp3) is 0.941. The summed E-state index contributed by atoms with van der Waals surface area (Å²) in [6.45, 7) is 17.6. The summed E-state index contributed by atoms with van der Waals surface area (Å²) in [5.74, 6) is 2.23. The second-order valence-electron chi connectivity index (χ2n) is 6.93. The molecule has 0 aromatic rings. The minimum Gasteiger partial charge on any atom is -0.379 e. The Hall–Kier alpha value is -0.810. The molecule has 1 aliphatic rings. The molecule has 22 heavy (non-hydrogen) atoms. The average molecular weight is 313 g/mol. The Bertz CT molecular complexity index is 312. The second-order valence-corrected chi connectivity index (χ2v) is 6.93. The maximum Gasteiger partial charge on any atom is 0.191 e. The molecule has 1 unspecified atom stereocenters. The summed E-state index contributed by atoms with van der Waals surface area (Å²) in [6.07, 6.45) is 1.20. The lowest BCUT2D eigenvalue weighted by atomic mass is 10.0. The highest BCUT2D eigenvalue weighted by atomic mass is 16.5. The highest BCUT2D eigenvalue weighted by Gasteiger charge is 2.22. The molecule has 1 saturated heterocycles. The SMILES string of the molecule is CCNC(=NCC(C)C)NCC(CC(C)C)N1CCOCC1. The monoisotopic (exact) mass is 312 g/mol. The van der Waals surface area contributed by atoms with Crippen LogP contribution in [0.5, 0.6) is 0 Å². The van der Waals surface area contributed by atoms with Gasteiger partial charge >= 0.3 is 0 Å². The Morgan fingerprint density at radius 2 is 1.77 bits per heavy atom. The van der Waals surface area contributed by atoms with Crippen molar-refractivity contribution >= 4 is 5.96 Å². The molecule has 0 radical (unpaired) electrons. The molecule has 1 fully saturated rings. The van der Waals surface area contributed by atoms with Gasteiger partial charge in [0, 0.05) is 38.8 Å². The van der Waals surface area contributed by atoms with E-state index >= 15 is 0 Å². The second kappa shape index (κ2) is 10.8. The molecule has 0 spiro atoms. The van der Waals surface area contributed by atoms with Crippen molar-refractivity contribution in [3.05, 3.63) is 0 Å². The van der Waals surface area contributed by atoms with Crippen molar-refractivity contribution < 1.29 is 4.74 Å². The summed E-state index contributed by atoms with van der Waals surface area (Å²) < 4.78 is 5.49. The van der Waals surface area contributed by atoms with Crippen LogP contribution in [0.4, 0.5) is 0 Å². The molecule has 0 aromatic carbocycles. The number of morpholine rings is 1. The molecule has 1 rings (SSSR count). The van der Waals surface area contributed by atoms with Crippen LogP contribution in [0.15, 0.2) is 4.99 Å². The Kier molecular flexibility index (Phi) is 9.48. The fourth-order valence-corrected chi connectivity index (χ4v) is 2.68. The Morgan fingerprint density at radius 3 is 2.32 bits per heavy atom. The van der Waals surface area contributed by atoms with Crippen molar-refractivity contribution in [3.8, 4) is 0 Å². The van der Waals surface area contributed by atoms with Gasteiger partial charge in [-0.25, -0.2) is 0 Å². The topological polar surface area (TPSA) is 48.9 Å². The van der Waals surface area contributed by atoms with E-state index in [-0.39, 0.29) is 0 Å². The van der Waals surface area contributed by atoms with Gasteiger partial charge in [0.2, 0.25) is 0 Å². The maximum absolute atomic E-state index is 5.49. The number of rotatable bonds is 8. The third kappa shape index (κ3) is 7.99. The van der Waals surface area contributed by atoms with Crippen molar-refractivity contribution in [2.45, 2.75) is 47.1 Å². The predicted octanol–water partition coefficient (Wildman–Crippen LogP) is 1.94. The zero-order chi connectivity index (χ0) is 16.4. The van der Waals surface area contributed by atoms with E-state index in [0.29, 0.717) is 17.9 Å². The largest absolute Gasteiger partial charge is 0.379 e. The molecule has 0 saturated carbocycles. The number of aliphatic imine (C=N–C) groups is 1. The first kappa shape index (κ1) is 19.2. The number of nitrogens with zero attached hydrogens (tertiary/aromatic N) is 2. The molecule has 1 atom stereocenters. The van der Waals surface area contributed by atoms with Gasteiger partial charge in [-0.05, 0) is 25.2 Å². The van der Waals surface area contributed by atoms with E-state index in [1.807, 2.05) is 0 Å². The van der Waals surface area contributed by atoms with Crippen LogP contribution in [0.2, 0.25) is 0 Å². The number of hydrogen-bond acceptors (Lipinski definition) is 3. The van der Waals surface area contributed by atoms with Crippen molar-refractivity contribution in [2.75, 3.05) is 45.9 Å². The zero-order valence-corrected chi connectivity index (χ0v) is 15.2. The lowest BCUT2D eigenvalue weighted by Gasteiger charge is -2.35. The number of hydrogen-bond donors (Lipinski definition) is 2. The van der Waals surface area contributed by atoms with Crippen LogP contribution >= 0.6 is 0 Å². The molecule has 5 nitrogen and oxygen atoms in total. The lowest BCUT2D eigenvalue weighted by Crippen LogP contribution is -2.51. The van der Waals surface area contributed by atoms with Crippen LogP contribution in [0.3, 0.4) is 0 Å². The third-order valence-corrected chi connectivity index (χ3v) is 3.77. The van der Waals surface area contributed by atoms with Crippen molar-refractivity contribution in [1.82, 2.24) is 15.5 Å². The van der Waals surface area contributed by atoms with Crippen LogP contribution in [-0.2, 0) is 4.74 Å². The molecule has 0 bridgehead atoms. The van der Waals surface area contributed by atoms with E-state index in [2.05, 4.69) is 55.1 Å². The summed E-state index contributed by atoms with van der Waals surface area (Å²) in [4.78, 5) is 7.22. The zero-order valence-electron chi connectivity index (χ0n) is 15.2. The van der Waals surface area contributed by atoms with Gasteiger partial charge in [-0.15, -0.1) is 0 Å². The smallest absolute Gasteiger partial charge is 0.191 e. The van der Waals surface area contributed by atoms with Gasteiger partial charge in [-0.2, -0.15) is 0 Å². The van der Waals surface area contributed by atoms with Gasteiger partial charge in [0.25, 0.3) is 0 Å². The van der Waals surface area contributed by atoms with Gasteiger partial charge in [0.05, 0.1) is 13.2 Å². The highest BCUT2D eigenvalue weighted by molar-refractivity contribution is 5.79. The van der Waals surface area contributed by atoms with Crippen LogP contribution in [-0.4, -0.2) is 62.8 Å². The normalized spacial score (nSPS) is 18.8. The summed E-state index contributed by atoms with van der Waals surface area (Å²) in [5.41, 5.74) is 0. The standard InChI is InChI=1S/C17H36N4O/c1-6-18-17(19-12-15(4)5)20-13-16(11-14(2)3)21-7-9-22-10-8-21/h14-16H,6-13H2,1-5H3,(H2,18,19,20). The van der Waals surface area contributed by atoms with E-state index in [1.165, 1.54) is 6.42 Å². The van der Waals surface area contributed by atoms with Gasteiger partial charge in [0.15, 0.2) is 5.96 Å². The van der Waals surface area contributed by atoms with Gasteiger partial charge in [-0.1, -0.05) is 27.7 Å². The van der Waals surface area contributed by atoms with Crippen LogP contribution in [0.25, 0.3) is 0 Å². The molecule has 130 valence electrons. The molecule has 0 aliphatic carbocycles. The Labute approximate surface area is 136 Å². The molecule has 0 aromatic heterocycles. The minimum atomic E-state index is 0.548. The van der Waals surface area contributed by atoms with E-state index < -0.39 is 0 Å². The van der Waals surface area contributed by atoms with Crippen LogP contribution in [0.1, 0.15) is 41.0 Å². The molecule has 1 aliphatic heterocycles. The summed E-state index contributed by atoms with van der Waals surface area (Å²) in [7, 11) is 0. The van der Waals surface area contributed by atoms with E-state index in [1.54, 1.807) is 0 Å². The fourth-order valence-electron chi connectivity index (χ4n) is 2.68. The molecule has 0 amide bonds. The number of ether oxygens (including phenoxy) is 1. The van der Waals surface area contributed by atoms with Crippen LogP contribution in [0, 0.1) is 11.8 Å². The molecular formula is C17H36N4O. The third-order valence-electron chi connectivity index (χ3n) is 3.77. The first-order valence-corrected chi connectivity index (χ1v) is 8.86. The Balaban J connectivity index is 2.56. The van der Waals surface area contributed by atoms with Gasteiger partial charge in [-0.3, -0.25) is 9.89 Å². The minimum absolute atomic E-state index is 0.548. The van der Waals surface area contributed by atoms with Gasteiger partial charge in [0.1, 0.15) is 0 Å². The summed E-state index contributed by atoms with van der Waals surface area (Å²) in [6, 6.07) is 0.548. The number of guanidine groups is 1. The quantitative estimate of drug-likeness (QED) is 0.531. The first-order valence-electron chi connectivity index (χ1n) is 8.86. The lowest BCUT2D eigenvalue weighted by molar-refractivity contribution is 0.0132. The van der Waals surface area contributed by atoms with Gasteiger partial charge < -0.3 is 15.4 Å². The predicted molar refractivity (Wildman–Crippen MR) is 94.5 cm³/mol. The maximum atomic E-state index is 5.49. The molecule has 2 N–H and O–H groups in total. The van der Waals surface area contributed by atoms with Crippen molar-refractivity contribution in [1.29, 1.82) is 0 Å². The highest BCUT2D eigenvalue weighted by Crippen LogP contribution is 2.13. The summed E-state index contributed by atoms with van der Waals surface area (Å²) >= 11 is 0. The molecule has 1 heterocycles. The Morgan fingerprint density at radius 1 is 1.09 bits per heavy atom. The van der Waals surface area contributed by atoms with Crippen molar-refractivity contribution in [3.63, 3.8) is 0 Å². The van der Waals surface area contributed by atoms with E-state index in [0.717, 1.165) is 51.9 Å². The van der Waals surface area contributed by atoms with Crippen LogP contribution < -0.4 is 10.6 Å². The van der Waals surface area contributed by atoms with E-state index in [9.17, 15) is 0 Å². The summed E-state index contributed by atoms with van der Waals surface area (Å²) in [5, 5.41) is 6.88. The van der Waals surface area contributed by atoms with Crippen molar-refractivity contribution in [2.24, 2.45) is 16.8 Å². The average Bonchev–Trinajstić information content (AvgIpc) is 2.49. The molecular weight excluding hydrogens is 276 g/mol. The van der Waals surface area contributed by atoms with E-state index in [4.69, 9.17) is 4.74 Å². The first-order chi connectivity index (χ1) is 10.5. The number of nitrogens with one attached hydrogen (secondary N) is 2.